The summed E-state index contributed by atoms with van der Waals surface area (Å²) >= 11 is 0. The molecular formula is C23H40IN5. The van der Waals surface area contributed by atoms with Crippen molar-refractivity contribution in [3.8, 4) is 0 Å². The molecule has 6 heteroatoms. The smallest absolute Gasteiger partial charge is 0.191 e. The number of rotatable bonds is 8. The molecule has 1 aromatic carbocycles. The Morgan fingerprint density at radius 2 is 1.41 bits per heavy atom. The molecule has 2 saturated heterocycles. The van der Waals surface area contributed by atoms with Gasteiger partial charge in [0.05, 0.1) is 0 Å². The lowest BCUT2D eigenvalue weighted by Crippen LogP contribution is -2.38. The topological polar surface area (TPSA) is 42.9 Å². The second-order valence-electron chi connectivity index (χ2n) is 8.26. The van der Waals surface area contributed by atoms with Crippen molar-refractivity contribution in [2.24, 2.45) is 4.99 Å². The normalized spacial score (nSPS) is 18.9. The standard InChI is InChI=1S/C23H39N5.HI/c1-24-23(25-13-8-18-27-14-4-2-3-5-15-27)26-19-21-9-11-22(12-10-21)20-28-16-6-7-17-28;/h9-12H,2-8,13-20H2,1H3,(H2,24,25,26);1H. The van der Waals surface area contributed by atoms with Crippen molar-refractivity contribution in [3.05, 3.63) is 35.4 Å². The van der Waals surface area contributed by atoms with E-state index < -0.39 is 0 Å². The maximum Gasteiger partial charge on any atom is 0.191 e. The molecule has 0 atom stereocenters. The summed E-state index contributed by atoms with van der Waals surface area (Å²) in [5.41, 5.74) is 2.72. The Balaban J connectivity index is 0.00000300. The zero-order valence-corrected chi connectivity index (χ0v) is 20.5. The van der Waals surface area contributed by atoms with Gasteiger partial charge in [0.2, 0.25) is 0 Å². The predicted molar refractivity (Wildman–Crippen MR) is 134 cm³/mol. The summed E-state index contributed by atoms with van der Waals surface area (Å²) in [7, 11) is 1.85. The molecular weight excluding hydrogens is 473 g/mol. The van der Waals surface area contributed by atoms with E-state index in [2.05, 4.69) is 49.7 Å². The molecule has 0 radical (unpaired) electrons. The summed E-state index contributed by atoms with van der Waals surface area (Å²) in [5.74, 6) is 0.900. The zero-order chi connectivity index (χ0) is 19.4. The van der Waals surface area contributed by atoms with E-state index in [0.29, 0.717) is 0 Å². The fourth-order valence-electron chi connectivity index (χ4n) is 4.24. The molecule has 2 N–H and O–H groups in total. The van der Waals surface area contributed by atoms with E-state index in [1.54, 1.807) is 0 Å². The summed E-state index contributed by atoms with van der Waals surface area (Å²) < 4.78 is 0. The largest absolute Gasteiger partial charge is 0.356 e. The molecule has 29 heavy (non-hydrogen) atoms. The first-order valence-electron chi connectivity index (χ1n) is 11.3. The molecule has 0 aromatic heterocycles. The molecule has 5 nitrogen and oxygen atoms in total. The molecule has 164 valence electrons. The van der Waals surface area contributed by atoms with Crippen molar-refractivity contribution in [2.45, 2.75) is 58.0 Å². The van der Waals surface area contributed by atoms with Gasteiger partial charge in [0.15, 0.2) is 5.96 Å². The van der Waals surface area contributed by atoms with Gasteiger partial charge in [0.1, 0.15) is 0 Å². The maximum atomic E-state index is 4.36. The van der Waals surface area contributed by atoms with Crippen LogP contribution in [0.15, 0.2) is 29.3 Å². The molecule has 0 bridgehead atoms. The van der Waals surface area contributed by atoms with Crippen LogP contribution in [0.3, 0.4) is 0 Å². The lowest BCUT2D eigenvalue weighted by molar-refractivity contribution is 0.282. The average molecular weight is 514 g/mol. The van der Waals surface area contributed by atoms with Gasteiger partial charge in [-0.15, -0.1) is 24.0 Å². The lowest BCUT2D eigenvalue weighted by atomic mass is 10.1. The Hall–Kier alpha value is -0.860. The SMILES string of the molecule is CN=C(NCCCN1CCCCCC1)NCc1ccc(CN2CCCC2)cc1.I. The third kappa shape index (κ3) is 9.22. The Bertz CT molecular complexity index is 575. The van der Waals surface area contributed by atoms with Crippen LogP contribution in [0.5, 0.6) is 0 Å². The van der Waals surface area contributed by atoms with Gasteiger partial charge in [-0.2, -0.15) is 0 Å². The highest BCUT2D eigenvalue weighted by atomic mass is 127. The van der Waals surface area contributed by atoms with Crippen molar-refractivity contribution in [1.29, 1.82) is 0 Å². The van der Waals surface area contributed by atoms with E-state index in [0.717, 1.165) is 25.6 Å². The van der Waals surface area contributed by atoms with Crippen LogP contribution in [0.1, 0.15) is 56.1 Å². The summed E-state index contributed by atoms with van der Waals surface area (Å²) in [6, 6.07) is 9.02. The molecule has 2 aliphatic rings. The minimum absolute atomic E-state index is 0. The predicted octanol–water partition coefficient (Wildman–Crippen LogP) is 3.83. The van der Waals surface area contributed by atoms with Crippen molar-refractivity contribution in [3.63, 3.8) is 0 Å². The molecule has 2 heterocycles. The molecule has 2 fully saturated rings. The van der Waals surface area contributed by atoms with Crippen molar-refractivity contribution in [1.82, 2.24) is 20.4 Å². The van der Waals surface area contributed by atoms with Gasteiger partial charge in [-0.1, -0.05) is 37.1 Å². The Labute approximate surface area is 194 Å². The number of benzene rings is 1. The number of nitrogens with zero attached hydrogens (tertiary/aromatic N) is 3. The van der Waals surface area contributed by atoms with Gasteiger partial charge in [-0.25, -0.2) is 0 Å². The van der Waals surface area contributed by atoms with Gasteiger partial charge in [0.25, 0.3) is 0 Å². The number of likely N-dealkylation sites (tertiary alicyclic amines) is 2. The highest BCUT2D eigenvalue weighted by molar-refractivity contribution is 14.0. The van der Waals surface area contributed by atoms with Crippen LogP contribution in [-0.4, -0.2) is 62.1 Å². The summed E-state index contributed by atoms with van der Waals surface area (Å²) in [5, 5.41) is 6.90. The van der Waals surface area contributed by atoms with Crippen molar-refractivity contribution < 1.29 is 0 Å². The minimum atomic E-state index is 0. The van der Waals surface area contributed by atoms with E-state index in [4.69, 9.17) is 0 Å². The molecule has 0 amide bonds. The number of halogens is 1. The monoisotopic (exact) mass is 513 g/mol. The van der Waals surface area contributed by atoms with E-state index in [9.17, 15) is 0 Å². The molecule has 2 aliphatic heterocycles. The van der Waals surface area contributed by atoms with Crippen LogP contribution in [0.4, 0.5) is 0 Å². The molecule has 0 unspecified atom stereocenters. The Kier molecular flexibility index (Phi) is 12.0. The zero-order valence-electron chi connectivity index (χ0n) is 18.2. The van der Waals surface area contributed by atoms with Gasteiger partial charge < -0.3 is 15.5 Å². The highest BCUT2D eigenvalue weighted by Gasteiger charge is 2.11. The van der Waals surface area contributed by atoms with Crippen LogP contribution in [-0.2, 0) is 13.1 Å². The summed E-state index contributed by atoms with van der Waals surface area (Å²) in [6.45, 7) is 9.14. The van der Waals surface area contributed by atoms with E-state index in [1.807, 2.05) is 7.05 Å². The van der Waals surface area contributed by atoms with E-state index in [-0.39, 0.29) is 24.0 Å². The first-order valence-corrected chi connectivity index (χ1v) is 11.3. The van der Waals surface area contributed by atoms with Crippen molar-refractivity contribution >= 4 is 29.9 Å². The summed E-state index contributed by atoms with van der Waals surface area (Å²) in [6.07, 6.45) is 9.43. The van der Waals surface area contributed by atoms with Crippen LogP contribution in [0.25, 0.3) is 0 Å². The second-order valence-corrected chi connectivity index (χ2v) is 8.26. The number of nitrogens with one attached hydrogen (secondary N) is 2. The van der Waals surface area contributed by atoms with Gasteiger partial charge in [-0.05, 0) is 76.0 Å². The molecule has 0 aliphatic carbocycles. The van der Waals surface area contributed by atoms with Crippen LogP contribution < -0.4 is 10.6 Å². The third-order valence-corrected chi connectivity index (χ3v) is 5.95. The molecule has 3 rings (SSSR count). The van der Waals surface area contributed by atoms with Crippen LogP contribution in [0, 0.1) is 0 Å². The minimum Gasteiger partial charge on any atom is -0.356 e. The van der Waals surface area contributed by atoms with Crippen molar-refractivity contribution in [2.75, 3.05) is 46.3 Å². The summed E-state index contributed by atoms with van der Waals surface area (Å²) in [4.78, 5) is 9.53. The Morgan fingerprint density at radius 1 is 0.828 bits per heavy atom. The van der Waals surface area contributed by atoms with E-state index >= 15 is 0 Å². The Morgan fingerprint density at radius 3 is 2.07 bits per heavy atom. The fourth-order valence-corrected chi connectivity index (χ4v) is 4.24. The number of hydrogen-bond donors (Lipinski definition) is 2. The fraction of sp³-hybridized carbons (Fsp3) is 0.696. The van der Waals surface area contributed by atoms with Crippen LogP contribution >= 0.6 is 24.0 Å². The molecule has 1 aromatic rings. The molecule has 0 saturated carbocycles. The maximum absolute atomic E-state index is 4.36. The lowest BCUT2D eigenvalue weighted by Gasteiger charge is -2.20. The van der Waals surface area contributed by atoms with Gasteiger partial charge in [-0.3, -0.25) is 9.89 Å². The highest BCUT2D eigenvalue weighted by Crippen LogP contribution is 2.13. The average Bonchev–Trinajstić information content (AvgIpc) is 3.09. The number of hydrogen-bond acceptors (Lipinski definition) is 3. The van der Waals surface area contributed by atoms with Gasteiger partial charge in [0, 0.05) is 26.7 Å². The third-order valence-electron chi connectivity index (χ3n) is 5.95. The first kappa shape index (κ1) is 24.4. The van der Waals surface area contributed by atoms with E-state index in [1.165, 1.54) is 88.8 Å². The van der Waals surface area contributed by atoms with Gasteiger partial charge >= 0.3 is 0 Å². The number of guanidine groups is 1. The first-order chi connectivity index (χ1) is 13.8. The number of aliphatic imine (C=N–C) groups is 1. The second kappa shape index (κ2) is 14.2. The van der Waals surface area contributed by atoms with Crippen LogP contribution in [0.2, 0.25) is 0 Å². The quantitative estimate of drug-likeness (QED) is 0.240. The molecule has 0 spiro atoms.